The van der Waals surface area contributed by atoms with E-state index in [0.29, 0.717) is 24.6 Å². The van der Waals surface area contributed by atoms with E-state index in [4.69, 9.17) is 5.73 Å². The fourth-order valence-electron chi connectivity index (χ4n) is 2.67. The minimum atomic E-state index is -3.30. The van der Waals surface area contributed by atoms with E-state index in [1.807, 2.05) is 6.92 Å². The first-order valence-electron chi connectivity index (χ1n) is 7.14. The van der Waals surface area contributed by atoms with Crippen molar-refractivity contribution in [3.8, 4) is 0 Å². The Kier molecular flexibility index (Phi) is 6.40. The number of carbonyl (C=O) groups excluding carboxylic acids is 1. The number of carbonyl (C=O) groups is 1. The first kappa shape index (κ1) is 18.9. The van der Waals surface area contributed by atoms with Gasteiger partial charge in [-0.2, -0.15) is 0 Å². The molecule has 22 heavy (non-hydrogen) atoms. The van der Waals surface area contributed by atoms with Crippen LogP contribution in [0.1, 0.15) is 30.1 Å². The summed E-state index contributed by atoms with van der Waals surface area (Å²) in [5, 5.41) is 0. The van der Waals surface area contributed by atoms with Gasteiger partial charge in [-0.3, -0.25) is 4.79 Å². The van der Waals surface area contributed by atoms with Gasteiger partial charge in [0.15, 0.2) is 9.84 Å². The summed E-state index contributed by atoms with van der Waals surface area (Å²) in [7, 11) is -3.30. The number of sulfone groups is 1. The van der Waals surface area contributed by atoms with Gasteiger partial charge in [0.2, 0.25) is 0 Å². The SMILES string of the molecule is CC(N)C1CCN(C(=O)c2cccc(S(C)(=O)=O)c2)CC1.Cl. The zero-order chi connectivity index (χ0) is 15.6. The van der Waals surface area contributed by atoms with Crippen molar-refractivity contribution < 1.29 is 13.2 Å². The van der Waals surface area contributed by atoms with Gasteiger partial charge in [-0.05, 0) is 43.9 Å². The highest BCUT2D eigenvalue weighted by Gasteiger charge is 2.25. The lowest BCUT2D eigenvalue weighted by atomic mass is 9.90. The van der Waals surface area contributed by atoms with E-state index in [1.54, 1.807) is 17.0 Å². The fourth-order valence-corrected chi connectivity index (χ4v) is 3.34. The number of rotatable bonds is 3. The van der Waals surface area contributed by atoms with E-state index in [9.17, 15) is 13.2 Å². The van der Waals surface area contributed by atoms with Crippen LogP contribution in [0, 0.1) is 5.92 Å². The predicted octanol–water partition coefficient (Wildman–Crippen LogP) is 1.71. The van der Waals surface area contributed by atoms with E-state index in [2.05, 4.69) is 0 Å². The second-order valence-corrected chi connectivity index (χ2v) is 7.80. The third-order valence-corrected chi connectivity index (χ3v) is 5.19. The summed E-state index contributed by atoms with van der Waals surface area (Å²) in [6.45, 7) is 3.35. The van der Waals surface area contributed by atoms with Crippen LogP contribution in [-0.2, 0) is 9.84 Å². The molecule has 1 aromatic carbocycles. The van der Waals surface area contributed by atoms with Crippen LogP contribution in [0.25, 0.3) is 0 Å². The molecule has 124 valence electrons. The van der Waals surface area contributed by atoms with Crippen LogP contribution in [0.3, 0.4) is 0 Å². The average Bonchev–Trinajstić information content (AvgIpc) is 2.46. The van der Waals surface area contributed by atoms with Crippen molar-refractivity contribution in [1.29, 1.82) is 0 Å². The molecular formula is C15H23ClN2O3S. The van der Waals surface area contributed by atoms with Crippen LogP contribution in [0.5, 0.6) is 0 Å². The monoisotopic (exact) mass is 346 g/mol. The zero-order valence-corrected chi connectivity index (χ0v) is 14.5. The molecule has 1 fully saturated rings. The highest BCUT2D eigenvalue weighted by atomic mass is 35.5. The molecule has 2 N–H and O–H groups in total. The van der Waals surface area contributed by atoms with E-state index < -0.39 is 9.84 Å². The normalized spacial score (nSPS) is 17.7. The summed E-state index contributed by atoms with van der Waals surface area (Å²) in [5.41, 5.74) is 6.33. The molecular weight excluding hydrogens is 324 g/mol. The number of hydrogen-bond acceptors (Lipinski definition) is 4. The van der Waals surface area contributed by atoms with Gasteiger partial charge in [0, 0.05) is 31.0 Å². The van der Waals surface area contributed by atoms with Crippen molar-refractivity contribution in [2.45, 2.75) is 30.7 Å². The Morgan fingerprint density at radius 2 is 1.91 bits per heavy atom. The van der Waals surface area contributed by atoms with E-state index >= 15 is 0 Å². The van der Waals surface area contributed by atoms with Crippen LogP contribution in [0.4, 0.5) is 0 Å². The summed E-state index contributed by atoms with van der Waals surface area (Å²) in [5.74, 6) is 0.347. The standard InChI is InChI=1S/C15H22N2O3S.ClH/c1-11(16)12-6-8-17(9-7-12)15(18)13-4-3-5-14(10-13)21(2,19)20;/h3-5,10-12H,6-9,16H2,1-2H3;1H. The summed E-state index contributed by atoms with van der Waals surface area (Å²) in [6.07, 6.45) is 2.94. The summed E-state index contributed by atoms with van der Waals surface area (Å²) < 4.78 is 23.1. The highest BCUT2D eigenvalue weighted by molar-refractivity contribution is 7.90. The van der Waals surface area contributed by atoms with Crippen molar-refractivity contribution in [2.75, 3.05) is 19.3 Å². The predicted molar refractivity (Wildman–Crippen MR) is 89.1 cm³/mol. The lowest BCUT2D eigenvalue weighted by Crippen LogP contribution is -2.42. The molecule has 0 radical (unpaired) electrons. The Balaban J connectivity index is 0.00000242. The number of piperidine rings is 1. The molecule has 1 heterocycles. The third-order valence-electron chi connectivity index (χ3n) is 4.08. The van der Waals surface area contributed by atoms with Gasteiger partial charge in [-0.15, -0.1) is 12.4 Å². The second kappa shape index (κ2) is 7.44. The molecule has 1 saturated heterocycles. The Bertz CT molecular complexity index is 623. The van der Waals surface area contributed by atoms with Gasteiger partial charge < -0.3 is 10.6 Å². The molecule has 0 aliphatic carbocycles. The molecule has 0 aromatic heterocycles. The van der Waals surface area contributed by atoms with E-state index in [1.165, 1.54) is 12.1 Å². The van der Waals surface area contributed by atoms with Crippen LogP contribution in [0.2, 0.25) is 0 Å². The molecule has 0 spiro atoms. The number of halogens is 1. The molecule has 1 aromatic rings. The van der Waals surface area contributed by atoms with Crippen molar-refractivity contribution in [2.24, 2.45) is 11.7 Å². The van der Waals surface area contributed by atoms with Crippen molar-refractivity contribution in [3.05, 3.63) is 29.8 Å². The largest absolute Gasteiger partial charge is 0.339 e. The number of benzene rings is 1. The maximum Gasteiger partial charge on any atom is 0.253 e. The topological polar surface area (TPSA) is 80.5 Å². The molecule has 1 aliphatic heterocycles. The minimum Gasteiger partial charge on any atom is -0.339 e. The Morgan fingerprint density at radius 3 is 2.41 bits per heavy atom. The number of nitrogens with zero attached hydrogens (tertiary/aromatic N) is 1. The molecule has 1 aliphatic rings. The minimum absolute atomic E-state index is 0. The van der Waals surface area contributed by atoms with Crippen molar-refractivity contribution in [3.63, 3.8) is 0 Å². The molecule has 1 amide bonds. The van der Waals surface area contributed by atoms with Crippen molar-refractivity contribution >= 4 is 28.2 Å². The average molecular weight is 347 g/mol. The van der Waals surface area contributed by atoms with E-state index in [0.717, 1.165) is 19.1 Å². The first-order chi connectivity index (χ1) is 9.79. The van der Waals surface area contributed by atoms with Crippen LogP contribution >= 0.6 is 12.4 Å². The quantitative estimate of drug-likeness (QED) is 0.903. The summed E-state index contributed by atoms with van der Waals surface area (Å²) in [6, 6.07) is 6.38. The lowest BCUT2D eigenvalue weighted by molar-refractivity contribution is 0.0680. The molecule has 1 atom stereocenters. The molecule has 2 rings (SSSR count). The Morgan fingerprint density at radius 1 is 1.32 bits per heavy atom. The lowest BCUT2D eigenvalue weighted by Gasteiger charge is -2.33. The van der Waals surface area contributed by atoms with Crippen LogP contribution in [-0.4, -0.2) is 44.6 Å². The molecule has 5 nitrogen and oxygen atoms in total. The van der Waals surface area contributed by atoms with Gasteiger partial charge in [-0.25, -0.2) is 8.42 Å². The Hall–Kier alpha value is -1.11. The molecule has 0 bridgehead atoms. The number of likely N-dealkylation sites (tertiary alicyclic amines) is 1. The molecule has 7 heteroatoms. The first-order valence-corrected chi connectivity index (χ1v) is 9.03. The van der Waals surface area contributed by atoms with Crippen molar-refractivity contribution in [1.82, 2.24) is 4.90 Å². The number of hydrogen-bond donors (Lipinski definition) is 1. The number of amides is 1. The molecule has 1 unspecified atom stereocenters. The third kappa shape index (κ3) is 4.44. The van der Waals surface area contributed by atoms with Gasteiger partial charge in [0.25, 0.3) is 5.91 Å². The maximum absolute atomic E-state index is 12.5. The van der Waals surface area contributed by atoms with E-state index in [-0.39, 0.29) is 29.3 Å². The summed E-state index contributed by atoms with van der Waals surface area (Å²) >= 11 is 0. The zero-order valence-electron chi connectivity index (χ0n) is 12.9. The fraction of sp³-hybridized carbons (Fsp3) is 0.533. The second-order valence-electron chi connectivity index (χ2n) is 5.79. The molecule has 0 saturated carbocycles. The Labute approximate surface area is 138 Å². The smallest absolute Gasteiger partial charge is 0.253 e. The van der Waals surface area contributed by atoms with Crippen LogP contribution in [0.15, 0.2) is 29.2 Å². The number of nitrogens with two attached hydrogens (primary N) is 1. The van der Waals surface area contributed by atoms with Crippen LogP contribution < -0.4 is 5.73 Å². The highest BCUT2D eigenvalue weighted by Crippen LogP contribution is 2.21. The maximum atomic E-state index is 12.5. The van der Waals surface area contributed by atoms with Gasteiger partial charge in [-0.1, -0.05) is 6.07 Å². The van der Waals surface area contributed by atoms with Gasteiger partial charge >= 0.3 is 0 Å². The van der Waals surface area contributed by atoms with Gasteiger partial charge in [0.1, 0.15) is 0 Å². The van der Waals surface area contributed by atoms with Gasteiger partial charge in [0.05, 0.1) is 4.90 Å². The summed E-state index contributed by atoms with van der Waals surface area (Å²) in [4.78, 5) is 14.4.